The number of hydrogen-bond acceptors (Lipinski definition) is 3. The van der Waals surface area contributed by atoms with Gasteiger partial charge in [-0.2, -0.15) is 0 Å². The molecule has 98 valence electrons. The van der Waals surface area contributed by atoms with E-state index in [9.17, 15) is 14.4 Å². The van der Waals surface area contributed by atoms with Crippen LogP contribution in [0.5, 0.6) is 0 Å². The number of rotatable bonds is 8. The van der Waals surface area contributed by atoms with E-state index < -0.39 is 12.0 Å². The van der Waals surface area contributed by atoms with Gasteiger partial charge >= 0.3 is 5.97 Å². The van der Waals surface area contributed by atoms with Gasteiger partial charge in [-0.3, -0.25) is 14.4 Å². The van der Waals surface area contributed by atoms with E-state index in [2.05, 4.69) is 5.32 Å². The van der Waals surface area contributed by atoms with Crippen molar-refractivity contribution in [2.24, 2.45) is 5.92 Å². The zero-order valence-corrected chi connectivity index (χ0v) is 10.7. The topological polar surface area (TPSA) is 83.5 Å². The van der Waals surface area contributed by atoms with Crippen molar-refractivity contribution in [2.45, 2.75) is 52.5 Å². The molecule has 2 atom stereocenters. The highest BCUT2D eigenvalue weighted by atomic mass is 16.4. The van der Waals surface area contributed by atoms with Crippen molar-refractivity contribution in [3.8, 4) is 0 Å². The minimum Gasteiger partial charge on any atom is -0.481 e. The van der Waals surface area contributed by atoms with Crippen LogP contribution in [0, 0.1) is 5.92 Å². The molecule has 0 aromatic carbocycles. The summed E-state index contributed by atoms with van der Waals surface area (Å²) in [6, 6.07) is -0.454. The number of nitrogens with one attached hydrogen (secondary N) is 1. The van der Waals surface area contributed by atoms with Crippen molar-refractivity contribution in [1.29, 1.82) is 0 Å². The lowest BCUT2D eigenvalue weighted by atomic mass is 10.0. The number of carboxylic acid groups (broad SMARTS) is 1. The summed E-state index contributed by atoms with van der Waals surface area (Å²) in [5.41, 5.74) is 0. The predicted molar refractivity (Wildman–Crippen MR) is 63.6 cm³/mol. The van der Waals surface area contributed by atoms with Crippen molar-refractivity contribution in [1.82, 2.24) is 5.32 Å². The smallest absolute Gasteiger partial charge is 0.306 e. The molecule has 0 aliphatic carbocycles. The highest BCUT2D eigenvalue weighted by molar-refractivity contribution is 5.87. The van der Waals surface area contributed by atoms with Crippen molar-refractivity contribution >= 4 is 17.7 Å². The van der Waals surface area contributed by atoms with Crippen LogP contribution in [-0.2, 0) is 14.4 Å². The Bertz CT molecular complexity index is 288. The number of amides is 1. The maximum Gasteiger partial charge on any atom is 0.306 e. The van der Waals surface area contributed by atoms with E-state index in [1.807, 2.05) is 0 Å². The van der Waals surface area contributed by atoms with Crippen molar-refractivity contribution in [3.05, 3.63) is 0 Å². The first-order valence-corrected chi connectivity index (χ1v) is 5.87. The Kier molecular flexibility index (Phi) is 7.18. The largest absolute Gasteiger partial charge is 0.481 e. The molecular formula is C12H21NO4. The molecule has 0 bridgehead atoms. The van der Waals surface area contributed by atoms with Gasteiger partial charge in [-0.15, -0.1) is 0 Å². The number of ketones is 1. The van der Waals surface area contributed by atoms with Gasteiger partial charge in [-0.1, -0.05) is 13.3 Å². The first-order chi connectivity index (χ1) is 7.84. The monoisotopic (exact) mass is 243 g/mol. The molecular weight excluding hydrogens is 222 g/mol. The summed E-state index contributed by atoms with van der Waals surface area (Å²) >= 11 is 0. The first-order valence-electron chi connectivity index (χ1n) is 5.87. The van der Waals surface area contributed by atoms with Gasteiger partial charge in [0, 0.05) is 13.3 Å². The molecule has 0 heterocycles. The number of aliphatic carboxylic acids is 1. The van der Waals surface area contributed by atoms with Crippen molar-refractivity contribution in [2.75, 3.05) is 0 Å². The molecule has 0 saturated heterocycles. The summed E-state index contributed by atoms with van der Waals surface area (Å²) in [5.74, 6) is -1.39. The second-order valence-corrected chi connectivity index (χ2v) is 4.37. The zero-order valence-electron chi connectivity index (χ0n) is 10.7. The second kappa shape index (κ2) is 7.81. The van der Waals surface area contributed by atoms with Gasteiger partial charge in [0.1, 0.15) is 0 Å². The van der Waals surface area contributed by atoms with E-state index in [-0.39, 0.29) is 17.6 Å². The Morgan fingerprint density at radius 1 is 1.18 bits per heavy atom. The quantitative estimate of drug-likeness (QED) is 0.630. The lowest BCUT2D eigenvalue weighted by Gasteiger charge is -2.11. The third kappa shape index (κ3) is 7.49. The van der Waals surface area contributed by atoms with Crippen LogP contribution in [0.1, 0.15) is 46.5 Å². The average Bonchev–Trinajstić information content (AvgIpc) is 2.22. The molecule has 1 amide bonds. The fourth-order valence-corrected chi connectivity index (χ4v) is 1.48. The van der Waals surface area contributed by atoms with Crippen LogP contribution in [0.15, 0.2) is 0 Å². The number of Topliss-reactive ketones (excluding diaryl/α,β-unsaturated/α-hetero) is 1. The molecule has 0 saturated carbocycles. The highest BCUT2D eigenvalue weighted by Gasteiger charge is 2.14. The Labute approximate surface area is 102 Å². The summed E-state index contributed by atoms with van der Waals surface area (Å²) in [6.45, 7) is 4.69. The Balaban J connectivity index is 3.71. The lowest BCUT2D eigenvalue weighted by molar-refractivity contribution is -0.141. The number of carboxylic acids is 1. The normalized spacial score (nSPS) is 13.8. The van der Waals surface area contributed by atoms with Crippen LogP contribution in [0.3, 0.4) is 0 Å². The van der Waals surface area contributed by atoms with Crippen LogP contribution in [0.25, 0.3) is 0 Å². The van der Waals surface area contributed by atoms with Gasteiger partial charge in [-0.05, 0) is 19.8 Å². The van der Waals surface area contributed by atoms with E-state index in [1.165, 1.54) is 6.92 Å². The van der Waals surface area contributed by atoms with Gasteiger partial charge in [0.05, 0.1) is 12.0 Å². The highest BCUT2D eigenvalue weighted by Crippen LogP contribution is 2.10. The van der Waals surface area contributed by atoms with E-state index >= 15 is 0 Å². The Morgan fingerprint density at radius 2 is 1.76 bits per heavy atom. The molecule has 0 radical (unpaired) electrons. The third-order valence-electron chi connectivity index (χ3n) is 2.63. The van der Waals surface area contributed by atoms with Crippen LogP contribution in [-0.4, -0.2) is 28.8 Å². The molecule has 0 aromatic rings. The van der Waals surface area contributed by atoms with E-state index in [0.29, 0.717) is 25.7 Å². The lowest BCUT2D eigenvalue weighted by Crippen LogP contribution is -2.36. The van der Waals surface area contributed by atoms with Crippen molar-refractivity contribution < 1.29 is 19.5 Å². The molecule has 17 heavy (non-hydrogen) atoms. The van der Waals surface area contributed by atoms with Crippen molar-refractivity contribution in [3.63, 3.8) is 0 Å². The molecule has 0 rings (SSSR count). The second-order valence-electron chi connectivity index (χ2n) is 4.37. The molecule has 0 spiro atoms. The van der Waals surface area contributed by atoms with Gasteiger partial charge in [-0.25, -0.2) is 0 Å². The maximum absolute atomic E-state index is 11.5. The van der Waals surface area contributed by atoms with E-state index in [4.69, 9.17) is 5.11 Å². The zero-order chi connectivity index (χ0) is 13.4. The van der Waals surface area contributed by atoms with E-state index in [0.717, 1.165) is 0 Å². The molecule has 0 fully saturated rings. The average molecular weight is 243 g/mol. The number of carbonyl (C=O) groups is 3. The van der Waals surface area contributed by atoms with Crippen LogP contribution < -0.4 is 5.32 Å². The summed E-state index contributed by atoms with van der Waals surface area (Å²) in [7, 11) is 0. The Hall–Kier alpha value is -1.39. The summed E-state index contributed by atoms with van der Waals surface area (Å²) < 4.78 is 0. The standard InChI is InChI=1S/C12H21NO4/c1-8(12(16)17)6-4-5-7-11(15)9(2)13-10(3)14/h8-9H,4-7H2,1-3H3,(H,13,14)(H,16,17)/t8-,9-/m0/s1. The minimum absolute atomic E-state index is 0.0109. The van der Waals surface area contributed by atoms with Crippen LogP contribution in [0.2, 0.25) is 0 Å². The first kappa shape index (κ1) is 15.6. The van der Waals surface area contributed by atoms with Gasteiger partial charge in [0.2, 0.25) is 5.91 Å². The summed E-state index contributed by atoms with van der Waals surface area (Å²) in [5, 5.41) is 11.2. The molecule has 5 nitrogen and oxygen atoms in total. The SMILES string of the molecule is CC(=O)N[C@@H](C)C(=O)CCCC[C@H](C)C(=O)O. The molecule has 0 unspecified atom stereocenters. The Morgan fingerprint density at radius 3 is 2.24 bits per heavy atom. The minimum atomic E-state index is -0.803. The van der Waals surface area contributed by atoms with Gasteiger partial charge < -0.3 is 10.4 Å². The number of carbonyl (C=O) groups excluding carboxylic acids is 2. The van der Waals surface area contributed by atoms with Crippen LogP contribution >= 0.6 is 0 Å². The van der Waals surface area contributed by atoms with Gasteiger partial charge in [0.25, 0.3) is 0 Å². The number of hydrogen-bond donors (Lipinski definition) is 2. The third-order valence-corrected chi connectivity index (χ3v) is 2.63. The summed E-state index contributed by atoms with van der Waals surface area (Å²) in [4.78, 5) is 32.8. The van der Waals surface area contributed by atoms with Gasteiger partial charge in [0.15, 0.2) is 5.78 Å². The molecule has 5 heteroatoms. The molecule has 0 aromatic heterocycles. The summed E-state index contributed by atoms with van der Waals surface area (Å²) in [6.07, 6.45) is 2.34. The van der Waals surface area contributed by atoms with E-state index in [1.54, 1.807) is 13.8 Å². The maximum atomic E-state index is 11.5. The fraction of sp³-hybridized carbons (Fsp3) is 0.750. The number of unbranched alkanes of at least 4 members (excludes halogenated alkanes) is 1. The molecule has 2 N–H and O–H groups in total. The fourth-order valence-electron chi connectivity index (χ4n) is 1.48. The predicted octanol–water partition coefficient (Wildman–Crippen LogP) is 1.36. The van der Waals surface area contributed by atoms with Crippen LogP contribution in [0.4, 0.5) is 0 Å². The molecule has 0 aliphatic rings. The molecule has 0 aliphatic heterocycles.